The van der Waals surface area contributed by atoms with Crippen molar-refractivity contribution < 1.29 is 27.9 Å². The number of hydrogen-bond donors (Lipinski definition) is 5. The number of carbonyl (C=O) groups excluding carboxylic acids is 3. The van der Waals surface area contributed by atoms with Gasteiger partial charge in [-0.15, -0.1) is 0 Å². The molecule has 11 nitrogen and oxygen atoms in total. The Morgan fingerprint density at radius 1 is 0.962 bits per heavy atom. The maximum absolute atomic E-state index is 14.3. The summed E-state index contributed by atoms with van der Waals surface area (Å²) in [4.78, 5) is 48.2. The average molecular weight is 758 g/mol. The first-order valence-corrected chi connectivity index (χ1v) is 21.4. The highest BCUT2D eigenvalue weighted by Gasteiger charge is 2.37. The lowest BCUT2D eigenvalue weighted by molar-refractivity contribution is -0.131. The third-order valence-corrected chi connectivity index (χ3v) is 13.5. The van der Waals surface area contributed by atoms with E-state index in [0.717, 1.165) is 37.7 Å². The summed E-state index contributed by atoms with van der Waals surface area (Å²) in [5.74, 6) is -1.36. The van der Waals surface area contributed by atoms with Crippen LogP contribution in [0.3, 0.4) is 0 Å². The van der Waals surface area contributed by atoms with Gasteiger partial charge in [-0.2, -0.15) is 0 Å². The van der Waals surface area contributed by atoms with Gasteiger partial charge in [0.1, 0.15) is 6.04 Å². The van der Waals surface area contributed by atoms with Gasteiger partial charge in [-0.3, -0.25) is 14.4 Å². The van der Waals surface area contributed by atoms with Crippen molar-refractivity contribution in [1.29, 1.82) is 0 Å². The number of benzene rings is 1. The van der Waals surface area contributed by atoms with Gasteiger partial charge in [-0.05, 0) is 75.7 Å². The van der Waals surface area contributed by atoms with E-state index < -0.39 is 50.5 Å². The van der Waals surface area contributed by atoms with Crippen LogP contribution in [-0.4, -0.2) is 76.4 Å². The molecular formula is C41H67N5O6S. The molecule has 5 N–H and O–H groups in total. The molecule has 53 heavy (non-hydrogen) atoms. The zero-order chi connectivity index (χ0) is 39.2. The summed E-state index contributed by atoms with van der Waals surface area (Å²) in [6.07, 6.45) is 10.2. The number of H-pyrrole nitrogens is 1. The summed E-state index contributed by atoms with van der Waals surface area (Å²) in [6, 6.07) is 7.62. The molecule has 1 aliphatic carbocycles. The second kappa shape index (κ2) is 21.0. The molecule has 0 spiro atoms. The first kappa shape index (κ1) is 44.1. The van der Waals surface area contributed by atoms with Crippen LogP contribution in [0.25, 0.3) is 0 Å². The Hall–Kier alpha value is -3.25. The first-order chi connectivity index (χ1) is 24.9. The summed E-state index contributed by atoms with van der Waals surface area (Å²) in [6.45, 7) is 13.6. The van der Waals surface area contributed by atoms with E-state index in [-0.39, 0.29) is 36.3 Å². The van der Waals surface area contributed by atoms with Gasteiger partial charge in [0.05, 0.1) is 40.6 Å². The number of sulfone groups is 1. The highest BCUT2D eigenvalue weighted by Crippen LogP contribution is 2.30. The summed E-state index contributed by atoms with van der Waals surface area (Å²) < 4.78 is 25.7. The van der Waals surface area contributed by atoms with E-state index in [1.165, 1.54) is 12.7 Å². The lowest BCUT2D eigenvalue weighted by Gasteiger charge is -2.34. The van der Waals surface area contributed by atoms with Crippen molar-refractivity contribution in [2.24, 2.45) is 29.6 Å². The Morgan fingerprint density at radius 2 is 1.64 bits per heavy atom. The van der Waals surface area contributed by atoms with Gasteiger partial charge in [0.25, 0.3) is 0 Å². The number of aliphatic hydroxyl groups excluding tert-OH is 1. The second-order valence-electron chi connectivity index (χ2n) is 17.0. The zero-order valence-electron chi connectivity index (χ0n) is 33.2. The highest BCUT2D eigenvalue weighted by atomic mass is 32.2. The predicted octanol–water partition coefficient (Wildman–Crippen LogP) is 5.54. The molecule has 1 aromatic heterocycles. The molecule has 1 heterocycles. The number of hydrogen-bond acceptors (Lipinski definition) is 7. The highest BCUT2D eigenvalue weighted by molar-refractivity contribution is 7.92. The summed E-state index contributed by atoms with van der Waals surface area (Å²) in [7, 11) is -3.69. The van der Waals surface area contributed by atoms with Gasteiger partial charge in [0, 0.05) is 25.6 Å². The quantitative estimate of drug-likeness (QED) is 0.111. The Labute approximate surface area is 318 Å². The minimum absolute atomic E-state index is 0.00344. The molecule has 2 aromatic rings. The molecular weight excluding hydrogens is 691 g/mol. The van der Waals surface area contributed by atoms with Gasteiger partial charge in [-0.1, -0.05) is 90.1 Å². The van der Waals surface area contributed by atoms with E-state index in [0.29, 0.717) is 43.3 Å². The fourth-order valence-electron chi connectivity index (χ4n) is 6.95. The largest absolute Gasteiger partial charge is 0.391 e. The van der Waals surface area contributed by atoms with E-state index in [1.807, 2.05) is 30.3 Å². The molecule has 0 bridgehead atoms. The summed E-state index contributed by atoms with van der Waals surface area (Å²) in [5, 5.41) is 20.9. The van der Waals surface area contributed by atoms with Crippen LogP contribution in [0.2, 0.25) is 0 Å². The molecule has 3 rings (SSSR count). The number of aromatic nitrogens is 2. The molecule has 0 radical (unpaired) electrons. The Balaban J connectivity index is 1.85. The average Bonchev–Trinajstić information content (AvgIpc) is 3.61. The van der Waals surface area contributed by atoms with E-state index in [1.54, 1.807) is 27.0 Å². The van der Waals surface area contributed by atoms with Crippen molar-refractivity contribution in [1.82, 2.24) is 25.9 Å². The normalized spacial score (nSPS) is 17.2. The third-order valence-electron chi connectivity index (χ3n) is 10.8. The lowest BCUT2D eigenvalue weighted by Crippen LogP contribution is -2.55. The second-order valence-corrected chi connectivity index (χ2v) is 19.8. The molecule has 1 saturated carbocycles. The zero-order valence-corrected chi connectivity index (χ0v) is 34.0. The van der Waals surface area contributed by atoms with Crippen molar-refractivity contribution in [2.45, 2.75) is 142 Å². The lowest BCUT2D eigenvalue weighted by atomic mass is 9.81. The van der Waals surface area contributed by atoms with Crippen LogP contribution in [0.15, 0.2) is 42.9 Å². The number of amides is 3. The number of nitrogens with zero attached hydrogens (tertiary/aromatic N) is 1. The summed E-state index contributed by atoms with van der Waals surface area (Å²) in [5.41, 5.74) is 1.38. The molecule has 0 saturated heterocycles. The molecule has 0 aliphatic heterocycles. The van der Waals surface area contributed by atoms with Crippen LogP contribution in [-0.2, 0) is 37.1 Å². The van der Waals surface area contributed by atoms with Crippen LogP contribution in [0.5, 0.6) is 0 Å². The molecule has 298 valence electrons. The molecule has 1 aliphatic rings. The van der Waals surface area contributed by atoms with Crippen molar-refractivity contribution in [2.75, 3.05) is 12.3 Å². The number of aliphatic hydroxyl groups is 1. The fraction of sp³-hybridized carbons (Fsp3) is 0.707. The van der Waals surface area contributed by atoms with Crippen LogP contribution >= 0.6 is 0 Å². The number of imidazole rings is 1. The van der Waals surface area contributed by atoms with Crippen molar-refractivity contribution in [3.63, 3.8) is 0 Å². The van der Waals surface area contributed by atoms with Crippen molar-refractivity contribution in [3.05, 3.63) is 54.1 Å². The molecule has 12 heteroatoms. The van der Waals surface area contributed by atoms with Gasteiger partial charge in [0.2, 0.25) is 17.7 Å². The predicted molar refractivity (Wildman–Crippen MR) is 211 cm³/mol. The van der Waals surface area contributed by atoms with Gasteiger partial charge in [-0.25, -0.2) is 13.4 Å². The smallest absolute Gasteiger partial charge is 0.243 e. The number of aromatic amines is 1. The molecule has 5 atom stereocenters. The Bertz CT molecular complexity index is 1500. The van der Waals surface area contributed by atoms with E-state index >= 15 is 0 Å². The number of rotatable bonds is 21. The SMILES string of the molecule is CC(C)CCC(=O)NC[C@@H](C[C@H](O)[C@H](CC1CCCCC1)NC(=O)C(Cc1c[nH]cn1)NC(=O)C(Cc1ccccc1)CS(=O)(=O)C(C)(C)C)C(C)C. The minimum atomic E-state index is -3.69. The topological polar surface area (TPSA) is 170 Å². The van der Waals surface area contributed by atoms with Gasteiger partial charge >= 0.3 is 0 Å². The van der Waals surface area contributed by atoms with Gasteiger partial charge < -0.3 is 26.0 Å². The van der Waals surface area contributed by atoms with Crippen molar-refractivity contribution in [3.8, 4) is 0 Å². The van der Waals surface area contributed by atoms with Crippen LogP contribution in [0.1, 0.15) is 118 Å². The van der Waals surface area contributed by atoms with Crippen LogP contribution < -0.4 is 16.0 Å². The maximum atomic E-state index is 14.3. The summed E-state index contributed by atoms with van der Waals surface area (Å²) >= 11 is 0. The standard InChI is InChI=1S/C41H67N5O6S/c1-28(2)18-19-38(48)43-24-32(29(3)4)22-37(47)35(21-31-16-12-9-13-17-31)45-40(50)36(23-34-25-42-27-44-34)46-39(49)33(20-30-14-10-8-11-15-30)26-53(51,52)41(5,6)7/h8,10-11,14-15,25,27-29,31-33,35-37,47H,9,12-13,16-24,26H2,1-7H3,(H,42,44)(H,43,48)(H,45,50)(H,46,49)/t32-,33?,35+,36?,37+/m1/s1. The van der Waals surface area contributed by atoms with E-state index in [9.17, 15) is 27.9 Å². The van der Waals surface area contributed by atoms with Crippen LogP contribution in [0, 0.1) is 29.6 Å². The first-order valence-electron chi connectivity index (χ1n) is 19.7. The molecule has 2 unspecified atom stereocenters. The van der Waals surface area contributed by atoms with Crippen molar-refractivity contribution >= 4 is 27.6 Å². The monoisotopic (exact) mass is 757 g/mol. The Kier molecular flexibility index (Phi) is 17.5. The van der Waals surface area contributed by atoms with E-state index in [4.69, 9.17) is 0 Å². The molecule has 1 aromatic carbocycles. The minimum Gasteiger partial charge on any atom is -0.391 e. The molecule has 1 fully saturated rings. The van der Waals surface area contributed by atoms with Gasteiger partial charge in [0.15, 0.2) is 9.84 Å². The third kappa shape index (κ3) is 15.2. The van der Waals surface area contributed by atoms with E-state index in [2.05, 4.69) is 53.6 Å². The number of nitrogens with one attached hydrogen (secondary N) is 4. The Morgan fingerprint density at radius 3 is 2.23 bits per heavy atom. The maximum Gasteiger partial charge on any atom is 0.243 e. The van der Waals surface area contributed by atoms with Crippen LogP contribution in [0.4, 0.5) is 0 Å². The fourth-order valence-corrected chi connectivity index (χ4v) is 8.25. The number of carbonyl (C=O) groups is 3. The molecule has 3 amide bonds.